The lowest BCUT2D eigenvalue weighted by Crippen LogP contribution is -2.35. The van der Waals surface area contributed by atoms with Crippen molar-refractivity contribution in [1.82, 2.24) is 24.1 Å². The summed E-state index contributed by atoms with van der Waals surface area (Å²) in [4.78, 5) is 24.2. The van der Waals surface area contributed by atoms with Gasteiger partial charge in [0.25, 0.3) is 5.91 Å². The highest BCUT2D eigenvalue weighted by Crippen LogP contribution is 2.22. The summed E-state index contributed by atoms with van der Waals surface area (Å²) >= 11 is 0. The molecule has 0 bridgehead atoms. The first-order chi connectivity index (χ1) is 12.6. The number of rotatable bonds is 5. The van der Waals surface area contributed by atoms with Crippen molar-refractivity contribution in [3.05, 3.63) is 47.7 Å². The first-order valence-electron chi connectivity index (χ1n) is 8.40. The van der Waals surface area contributed by atoms with Crippen molar-refractivity contribution < 1.29 is 14.7 Å². The zero-order chi connectivity index (χ0) is 19.9. The Kier molecular flexibility index (Phi) is 4.38. The maximum Gasteiger partial charge on any atom is 0.331 e. The molecule has 0 saturated heterocycles. The Labute approximate surface area is 156 Å². The fourth-order valence-corrected chi connectivity index (χ4v) is 2.85. The lowest BCUT2D eigenvalue weighted by Gasteiger charge is -2.19. The average Bonchev–Trinajstić information content (AvgIpc) is 3.28. The van der Waals surface area contributed by atoms with Gasteiger partial charge in [-0.1, -0.05) is 0 Å². The van der Waals surface area contributed by atoms with Gasteiger partial charge in [-0.25, -0.2) is 4.79 Å². The molecular formula is C18H22N6O3. The molecule has 2 N–H and O–H groups in total. The predicted octanol–water partition coefficient (Wildman–Crippen LogP) is 2.10. The summed E-state index contributed by atoms with van der Waals surface area (Å²) in [5.41, 5.74) is 1.57. The summed E-state index contributed by atoms with van der Waals surface area (Å²) in [6, 6.07) is 3.95. The Morgan fingerprint density at radius 1 is 1.11 bits per heavy atom. The van der Waals surface area contributed by atoms with Gasteiger partial charge in [0.2, 0.25) is 0 Å². The molecule has 0 unspecified atom stereocenters. The van der Waals surface area contributed by atoms with Gasteiger partial charge in [-0.3, -0.25) is 14.2 Å². The molecule has 1 amide bonds. The van der Waals surface area contributed by atoms with Crippen LogP contribution in [0.5, 0.6) is 0 Å². The minimum atomic E-state index is -1.22. The summed E-state index contributed by atoms with van der Waals surface area (Å²) in [5, 5.41) is 20.3. The molecule has 0 fully saturated rings. The molecule has 0 aliphatic carbocycles. The summed E-state index contributed by atoms with van der Waals surface area (Å²) in [7, 11) is 1.78. The first kappa shape index (κ1) is 18.4. The molecular weight excluding hydrogens is 348 g/mol. The van der Waals surface area contributed by atoms with Gasteiger partial charge in [0.05, 0.1) is 18.1 Å². The van der Waals surface area contributed by atoms with Gasteiger partial charge in [0.1, 0.15) is 11.4 Å². The largest absolute Gasteiger partial charge is 0.479 e. The van der Waals surface area contributed by atoms with Crippen LogP contribution in [0.2, 0.25) is 0 Å². The second-order valence-electron chi connectivity index (χ2n) is 6.95. The highest BCUT2D eigenvalue weighted by atomic mass is 16.4. The van der Waals surface area contributed by atoms with Crippen LogP contribution in [0.3, 0.4) is 0 Å². The molecule has 0 radical (unpaired) electrons. The summed E-state index contributed by atoms with van der Waals surface area (Å²) < 4.78 is 4.90. The summed E-state index contributed by atoms with van der Waals surface area (Å²) in [6.45, 7) is 6.98. The molecule has 3 aromatic heterocycles. The molecule has 0 aromatic carbocycles. The maximum absolute atomic E-state index is 12.8. The molecule has 9 nitrogen and oxygen atoms in total. The number of aryl methyl sites for hydroxylation is 3. The van der Waals surface area contributed by atoms with Crippen LogP contribution in [-0.4, -0.2) is 41.1 Å². The van der Waals surface area contributed by atoms with Crippen molar-refractivity contribution in [3.8, 4) is 5.82 Å². The highest BCUT2D eigenvalue weighted by molar-refractivity contribution is 6.06. The molecule has 0 spiro atoms. The Bertz CT molecular complexity index is 1000. The van der Waals surface area contributed by atoms with E-state index in [-0.39, 0.29) is 5.91 Å². The molecule has 0 aliphatic heterocycles. The van der Waals surface area contributed by atoms with Gasteiger partial charge in [-0.15, -0.1) is 0 Å². The molecule has 3 rings (SSSR count). The highest BCUT2D eigenvalue weighted by Gasteiger charge is 2.30. The predicted molar refractivity (Wildman–Crippen MR) is 99.1 cm³/mol. The van der Waals surface area contributed by atoms with Gasteiger partial charge in [-0.05, 0) is 39.8 Å². The van der Waals surface area contributed by atoms with Crippen molar-refractivity contribution in [3.63, 3.8) is 0 Å². The molecule has 0 aliphatic rings. The zero-order valence-electron chi connectivity index (χ0n) is 15.9. The van der Waals surface area contributed by atoms with Crippen LogP contribution in [-0.2, 0) is 17.4 Å². The van der Waals surface area contributed by atoms with E-state index < -0.39 is 11.5 Å². The van der Waals surface area contributed by atoms with Crippen molar-refractivity contribution in [2.24, 2.45) is 7.05 Å². The van der Waals surface area contributed by atoms with Crippen LogP contribution in [0.25, 0.3) is 5.82 Å². The quantitative estimate of drug-likeness (QED) is 0.715. The fraction of sp³-hybridized carbons (Fsp3) is 0.333. The fourth-order valence-electron chi connectivity index (χ4n) is 2.85. The van der Waals surface area contributed by atoms with Crippen LogP contribution in [0.1, 0.15) is 35.6 Å². The van der Waals surface area contributed by atoms with E-state index in [1.54, 1.807) is 11.7 Å². The third kappa shape index (κ3) is 3.12. The number of nitrogens with zero attached hydrogens (tertiary/aromatic N) is 5. The Morgan fingerprint density at radius 2 is 1.74 bits per heavy atom. The van der Waals surface area contributed by atoms with Crippen molar-refractivity contribution in [2.75, 3.05) is 5.32 Å². The Hall–Kier alpha value is -3.36. The Morgan fingerprint density at radius 3 is 2.33 bits per heavy atom. The third-order valence-corrected chi connectivity index (χ3v) is 4.57. The minimum absolute atomic E-state index is 0.349. The van der Waals surface area contributed by atoms with Crippen molar-refractivity contribution in [2.45, 2.75) is 33.2 Å². The second-order valence-corrected chi connectivity index (χ2v) is 6.95. The smallest absolute Gasteiger partial charge is 0.331 e. The number of carboxylic acid groups (broad SMARTS) is 1. The van der Waals surface area contributed by atoms with E-state index in [2.05, 4.69) is 15.5 Å². The van der Waals surface area contributed by atoms with E-state index in [9.17, 15) is 14.7 Å². The average molecular weight is 370 g/mol. The standard InChI is InChI=1S/C18H22N6O3/c1-11-6-7-12(2)24(11)16-14(9-19-22(16)5)15(25)21-13-8-20-23(10-13)18(3,4)17(26)27/h6-10H,1-5H3,(H,21,25)(H,26,27). The topological polar surface area (TPSA) is 107 Å². The van der Waals surface area contributed by atoms with Gasteiger partial charge in [0, 0.05) is 24.6 Å². The molecule has 0 atom stereocenters. The van der Waals surface area contributed by atoms with E-state index in [0.717, 1.165) is 11.4 Å². The lowest BCUT2D eigenvalue weighted by molar-refractivity contribution is -0.146. The summed E-state index contributed by atoms with van der Waals surface area (Å²) in [5.74, 6) is -0.708. The number of carbonyl (C=O) groups excluding carboxylic acids is 1. The number of carboxylic acids is 1. The molecule has 27 heavy (non-hydrogen) atoms. The van der Waals surface area contributed by atoms with Gasteiger partial charge >= 0.3 is 5.97 Å². The van der Waals surface area contributed by atoms with E-state index in [1.165, 1.54) is 37.1 Å². The van der Waals surface area contributed by atoms with Crippen molar-refractivity contribution >= 4 is 17.6 Å². The summed E-state index contributed by atoms with van der Waals surface area (Å²) in [6.07, 6.45) is 4.42. The molecule has 0 saturated carbocycles. The van der Waals surface area contributed by atoms with E-state index in [1.807, 2.05) is 30.5 Å². The number of aliphatic carboxylic acids is 1. The van der Waals surface area contributed by atoms with Crippen LogP contribution in [0.15, 0.2) is 30.7 Å². The van der Waals surface area contributed by atoms with Gasteiger partial charge in [0.15, 0.2) is 5.54 Å². The molecule has 3 aromatic rings. The number of nitrogens with one attached hydrogen (secondary N) is 1. The zero-order valence-corrected chi connectivity index (χ0v) is 15.9. The van der Waals surface area contributed by atoms with E-state index in [0.29, 0.717) is 17.1 Å². The Balaban J connectivity index is 1.91. The number of hydrogen-bond donors (Lipinski definition) is 2. The molecule has 142 valence electrons. The molecule has 3 heterocycles. The SMILES string of the molecule is Cc1ccc(C)n1-c1c(C(=O)Nc2cnn(C(C)(C)C(=O)O)c2)cnn1C. The number of hydrogen-bond acceptors (Lipinski definition) is 4. The number of anilines is 1. The van der Waals surface area contributed by atoms with Crippen molar-refractivity contribution in [1.29, 1.82) is 0 Å². The van der Waals surface area contributed by atoms with Gasteiger partial charge < -0.3 is 15.0 Å². The normalized spacial score (nSPS) is 11.6. The second kappa shape index (κ2) is 6.42. The minimum Gasteiger partial charge on any atom is -0.479 e. The first-order valence-corrected chi connectivity index (χ1v) is 8.40. The van der Waals surface area contributed by atoms with Crippen LogP contribution < -0.4 is 5.32 Å². The monoisotopic (exact) mass is 370 g/mol. The van der Waals surface area contributed by atoms with Crippen LogP contribution in [0, 0.1) is 13.8 Å². The van der Waals surface area contributed by atoms with E-state index in [4.69, 9.17) is 0 Å². The number of aromatic nitrogens is 5. The van der Waals surface area contributed by atoms with Gasteiger partial charge in [-0.2, -0.15) is 10.2 Å². The molecule has 9 heteroatoms. The maximum atomic E-state index is 12.8. The van der Waals surface area contributed by atoms with Crippen LogP contribution in [0.4, 0.5) is 5.69 Å². The number of carbonyl (C=O) groups is 2. The van der Waals surface area contributed by atoms with E-state index >= 15 is 0 Å². The third-order valence-electron chi connectivity index (χ3n) is 4.57. The number of amides is 1. The lowest BCUT2D eigenvalue weighted by atomic mass is 10.1. The van der Waals surface area contributed by atoms with Crippen LogP contribution >= 0.6 is 0 Å².